The van der Waals surface area contributed by atoms with E-state index in [1.807, 2.05) is 0 Å². The number of nitrogen functional groups attached to an aromatic ring is 2. The van der Waals surface area contributed by atoms with Crippen LogP contribution in [0, 0.1) is 0 Å². The first-order valence-electron chi connectivity index (χ1n) is 4.32. The molecule has 0 aromatic carbocycles. The molecule has 0 aliphatic rings. The van der Waals surface area contributed by atoms with Gasteiger partial charge >= 0.3 is 6.01 Å². The highest BCUT2D eigenvalue weighted by Gasteiger charge is 2.06. The standard InChI is InChI=1S/C7H10N8O/c1-15-3-10-7(14-15)16-5-2-4(13-9)11-6(8)12-5/h2-3H,9H2,1H3,(H3,8,11,12,13). The van der Waals surface area contributed by atoms with E-state index in [1.165, 1.54) is 17.1 Å². The van der Waals surface area contributed by atoms with Crippen LogP contribution < -0.4 is 21.7 Å². The SMILES string of the molecule is Cn1cnc(Oc2cc(NN)nc(N)n2)n1. The molecule has 5 N–H and O–H groups in total. The van der Waals surface area contributed by atoms with E-state index < -0.39 is 0 Å². The second-order valence-electron chi connectivity index (χ2n) is 2.90. The number of nitrogens with one attached hydrogen (secondary N) is 1. The maximum Gasteiger partial charge on any atom is 0.342 e. The second kappa shape index (κ2) is 3.98. The fourth-order valence-electron chi connectivity index (χ4n) is 1.03. The van der Waals surface area contributed by atoms with E-state index in [2.05, 4.69) is 25.5 Å². The third-order valence-electron chi connectivity index (χ3n) is 1.64. The van der Waals surface area contributed by atoms with Crippen molar-refractivity contribution in [3.63, 3.8) is 0 Å². The summed E-state index contributed by atoms with van der Waals surface area (Å²) in [5, 5.41) is 3.92. The van der Waals surface area contributed by atoms with E-state index in [-0.39, 0.29) is 17.8 Å². The highest BCUT2D eigenvalue weighted by Crippen LogP contribution is 2.18. The Morgan fingerprint density at radius 3 is 2.88 bits per heavy atom. The third kappa shape index (κ3) is 2.15. The summed E-state index contributed by atoms with van der Waals surface area (Å²) >= 11 is 0. The molecule has 2 aromatic heterocycles. The van der Waals surface area contributed by atoms with Gasteiger partial charge in [0.15, 0.2) is 0 Å². The van der Waals surface area contributed by atoms with Crippen LogP contribution in [0.2, 0.25) is 0 Å². The third-order valence-corrected chi connectivity index (χ3v) is 1.64. The van der Waals surface area contributed by atoms with E-state index in [4.69, 9.17) is 16.3 Å². The molecular weight excluding hydrogens is 212 g/mol. The van der Waals surface area contributed by atoms with Crippen LogP contribution in [-0.4, -0.2) is 24.7 Å². The van der Waals surface area contributed by atoms with Crippen LogP contribution in [0.1, 0.15) is 0 Å². The lowest BCUT2D eigenvalue weighted by Crippen LogP contribution is -2.10. The minimum absolute atomic E-state index is 0.0429. The molecule has 0 spiro atoms. The van der Waals surface area contributed by atoms with Gasteiger partial charge in [-0.15, -0.1) is 5.10 Å². The second-order valence-corrected chi connectivity index (χ2v) is 2.90. The molecule has 84 valence electrons. The van der Waals surface area contributed by atoms with Crippen LogP contribution in [-0.2, 0) is 7.05 Å². The minimum Gasteiger partial charge on any atom is -0.404 e. The maximum atomic E-state index is 5.45. The number of rotatable bonds is 3. The van der Waals surface area contributed by atoms with Gasteiger partial charge in [0.1, 0.15) is 12.1 Å². The van der Waals surface area contributed by atoms with Gasteiger partial charge in [-0.2, -0.15) is 15.0 Å². The van der Waals surface area contributed by atoms with Crippen LogP contribution >= 0.6 is 0 Å². The zero-order valence-electron chi connectivity index (χ0n) is 8.45. The lowest BCUT2D eigenvalue weighted by atomic mass is 10.5. The number of aromatic nitrogens is 5. The molecule has 0 aliphatic heterocycles. The smallest absolute Gasteiger partial charge is 0.342 e. The zero-order chi connectivity index (χ0) is 11.5. The van der Waals surface area contributed by atoms with E-state index >= 15 is 0 Å². The number of hydrogen-bond acceptors (Lipinski definition) is 8. The topological polar surface area (TPSA) is 130 Å². The Kier molecular flexibility index (Phi) is 2.52. The molecule has 0 unspecified atom stereocenters. The first kappa shape index (κ1) is 10.1. The van der Waals surface area contributed by atoms with Gasteiger partial charge < -0.3 is 15.9 Å². The Morgan fingerprint density at radius 2 is 2.25 bits per heavy atom. The zero-order valence-corrected chi connectivity index (χ0v) is 8.45. The Hall–Kier alpha value is -2.42. The largest absolute Gasteiger partial charge is 0.404 e. The van der Waals surface area contributed by atoms with Crippen LogP contribution in [0.4, 0.5) is 11.8 Å². The van der Waals surface area contributed by atoms with E-state index in [0.717, 1.165) is 0 Å². The normalized spacial score (nSPS) is 10.1. The molecule has 2 heterocycles. The van der Waals surface area contributed by atoms with Crippen molar-refractivity contribution in [1.29, 1.82) is 0 Å². The van der Waals surface area contributed by atoms with Crippen molar-refractivity contribution in [2.75, 3.05) is 11.2 Å². The van der Waals surface area contributed by atoms with Gasteiger partial charge in [-0.25, -0.2) is 5.84 Å². The summed E-state index contributed by atoms with van der Waals surface area (Å²) in [5.41, 5.74) is 7.79. The van der Waals surface area contributed by atoms with Crippen molar-refractivity contribution in [1.82, 2.24) is 24.7 Å². The summed E-state index contributed by atoms with van der Waals surface area (Å²) in [6.07, 6.45) is 1.50. The summed E-state index contributed by atoms with van der Waals surface area (Å²) in [5.74, 6) is 5.80. The first-order chi connectivity index (χ1) is 7.67. The Balaban J connectivity index is 2.24. The first-order valence-corrected chi connectivity index (χ1v) is 4.32. The predicted molar refractivity (Wildman–Crippen MR) is 55.3 cm³/mol. The summed E-state index contributed by atoms with van der Waals surface area (Å²) in [6.45, 7) is 0. The number of aryl methyl sites for hydroxylation is 1. The Morgan fingerprint density at radius 1 is 1.44 bits per heavy atom. The van der Waals surface area contributed by atoms with Crippen molar-refractivity contribution < 1.29 is 4.74 Å². The molecule has 16 heavy (non-hydrogen) atoms. The molecule has 2 aromatic rings. The molecule has 0 aliphatic carbocycles. The van der Waals surface area contributed by atoms with Crippen molar-refractivity contribution in [3.8, 4) is 11.9 Å². The molecule has 0 saturated heterocycles. The molecule has 2 rings (SSSR count). The van der Waals surface area contributed by atoms with Crippen molar-refractivity contribution >= 4 is 11.8 Å². The monoisotopic (exact) mass is 222 g/mol. The highest BCUT2D eigenvalue weighted by molar-refractivity contribution is 5.42. The average molecular weight is 222 g/mol. The fraction of sp³-hybridized carbons (Fsp3) is 0.143. The fourth-order valence-corrected chi connectivity index (χ4v) is 1.03. The number of hydrogen-bond donors (Lipinski definition) is 3. The Bertz CT molecular complexity index is 495. The van der Waals surface area contributed by atoms with Gasteiger partial charge in [-0.3, -0.25) is 4.68 Å². The molecular formula is C7H10N8O. The van der Waals surface area contributed by atoms with Crippen molar-refractivity contribution in [2.45, 2.75) is 0 Å². The maximum absolute atomic E-state index is 5.45. The van der Waals surface area contributed by atoms with Crippen LogP contribution in [0.3, 0.4) is 0 Å². The highest BCUT2D eigenvalue weighted by atomic mass is 16.5. The number of nitrogens with zero attached hydrogens (tertiary/aromatic N) is 5. The molecule has 0 amide bonds. The average Bonchev–Trinajstić information content (AvgIpc) is 2.63. The number of nitrogens with two attached hydrogens (primary N) is 2. The summed E-state index contributed by atoms with van der Waals surface area (Å²) in [4.78, 5) is 11.5. The lowest BCUT2D eigenvalue weighted by molar-refractivity contribution is 0.422. The van der Waals surface area contributed by atoms with Crippen molar-refractivity contribution in [2.24, 2.45) is 12.9 Å². The lowest BCUT2D eigenvalue weighted by Gasteiger charge is -2.03. The summed E-state index contributed by atoms with van der Waals surface area (Å²) in [7, 11) is 1.72. The minimum atomic E-state index is 0.0429. The number of ether oxygens (including phenoxy) is 1. The van der Waals surface area contributed by atoms with E-state index in [1.54, 1.807) is 7.05 Å². The van der Waals surface area contributed by atoms with Gasteiger partial charge in [0.05, 0.1) is 0 Å². The molecule has 0 saturated carbocycles. The van der Waals surface area contributed by atoms with E-state index in [0.29, 0.717) is 5.82 Å². The van der Waals surface area contributed by atoms with E-state index in [9.17, 15) is 0 Å². The molecule has 0 radical (unpaired) electrons. The summed E-state index contributed by atoms with van der Waals surface area (Å²) in [6, 6.07) is 1.65. The number of hydrazine groups is 1. The molecule has 9 nitrogen and oxygen atoms in total. The van der Waals surface area contributed by atoms with Crippen LogP contribution in [0.5, 0.6) is 11.9 Å². The quantitative estimate of drug-likeness (QED) is 0.457. The van der Waals surface area contributed by atoms with Gasteiger partial charge in [0, 0.05) is 13.1 Å². The van der Waals surface area contributed by atoms with Gasteiger partial charge in [-0.05, 0) is 0 Å². The van der Waals surface area contributed by atoms with Crippen LogP contribution in [0.25, 0.3) is 0 Å². The summed E-state index contributed by atoms with van der Waals surface area (Å²) < 4.78 is 6.75. The molecule has 0 fully saturated rings. The van der Waals surface area contributed by atoms with Gasteiger partial charge in [0.2, 0.25) is 11.8 Å². The Labute approximate surface area is 90.4 Å². The van der Waals surface area contributed by atoms with Gasteiger partial charge in [0.25, 0.3) is 0 Å². The van der Waals surface area contributed by atoms with Crippen LogP contribution in [0.15, 0.2) is 12.4 Å². The predicted octanol–water partition coefficient (Wildman–Crippen LogP) is -0.735. The molecule has 9 heteroatoms. The van der Waals surface area contributed by atoms with Crippen molar-refractivity contribution in [3.05, 3.63) is 12.4 Å². The molecule has 0 bridgehead atoms. The molecule has 0 atom stereocenters. The van der Waals surface area contributed by atoms with Gasteiger partial charge in [-0.1, -0.05) is 0 Å². The number of anilines is 2.